The Labute approximate surface area is 172 Å². The summed E-state index contributed by atoms with van der Waals surface area (Å²) in [6.45, 7) is 0. The van der Waals surface area contributed by atoms with E-state index in [0.29, 0.717) is 5.69 Å². The highest BCUT2D eigenvalue weighted by molar-refractivity contribution is 8.16. The minimum Gasteiger partial charge on any atom is -0.272 e. The smallest absolute Gasteiger partial charge is 0.272 e. The number of amidine groups is 1. The van der Waals surface area contributed by atoms with E-state index in [4.69, 9.17) is 0 Å². The molecule has 0 saturated carbocycles. The van der Waals surface area contributed by atoms with Gasteiger partial charge in [-0.2, -0.15) is 8.42 Å². The molecule has 1 atom stereocenters. The molecule has 1 fully saturated rings. The number of benzene rings is 3. The third-order valence-corrected chi connectivity index (χ3v) is 6.88. The summed E-state index contributed by atoms with van der Waals surface area (Å²) < 4.78 is 42.6. The first-order chi connectivity index (χ1) is 14.0. The van der Waals surface area contributed by atoms with Crippen LogP contribution in [0.3, 0.4) is 0 Å². The number of hydrogen-bond acceptors (Lipinski definition) is 4. The van der Waals surface area contributed by atoms with Crippen molar-refractivity contribution in [2.24, 2.45) is 4.40 Å². The van der Waals surface area contributed by atoms with E-state index in [2.05, 4.69) is 4.40 Å². The number of anilines is 1. The number of carbonyl (C=O) groups excluding carboxylic acids is 1. The number of para-hydroxylation sites is 1. The lowest BCUT2D eigenvalue weighted by molar-refractivity contribution is -0.117. The Morgan fingerprint density at radius 2 is 1.45 bits per heavy atom. The van der Waals surface area contributed by atoms with E-state index >= 15 is 0 Å². The zero-order valence-electron chi connectivity index (χ0n) is 15.0. The maximum Gasteiger partial charge on any atom is 0.284 e. The van der Waals surface area contributed by atoms with Crippen molar-refractivity contribution in [2.75, 3.05) is 4.90 Å². The van der Waals surface area contributed by atoms with E-state index in [0.717, 1.165) is 41.6 Å². The average molecular weight is 426 g/mol. The number of thioether (sulfide) groups is 1. The normalized spacial score (nSPS) is 18.4. The van der Waals surface area contributed by atoms with Crippen molar-refractivity contribution in [3.8, 4) is 0 Å². The van der Waals surface area contributed by atoms with Gasteiger partial charge in [0.1, 0.15) is 11.1 Å². The highest BCUT2D eigenvalue weighted by atomic mass is 32.2. The lowest BCUT2D eigenvalue weighted by Gasteiger charge is -2.16. The van der Waals surface area contributed by atoms with Crippen LogP contribution in [0.1, 0.15) is 10.8 Å². The minimum atomic E-state index is -4.12. The molecule has 0 N–H and O–H groups in total. The zero-order chi connectivity index (χ0) is 20.4. The SMILES string of the molecule is O=C1[C@H](c2ccccc2)SC(=NS(=O)(=O)c2ccc(F)cc2)N1c1ccccc1. The van der Waals surface area contributed by atoms with E-state index in [1.807, 2.05) is 30.3 Å². The van der Waals surface area contributed by atoms with Crippen molar-refractivity contribution in [1.82, 2.24) is 0 Å². The van der Waals surface area contributed by atoms with Gasteiger partial charge in [-0.25, -0.2) is 4.39 Å². The van der Waals surface area contributed by atoms with Crippen LogP contribution in [0.4, 0.5) is 10.1 Å². The van der Waals surface area contributed by atoms with Gasteiger partial charge in [-0.1, -0.05) is 60.3 Å². The van der Waals surface area contributed by atoms with Crippen LogP contribution in [-0.4, -0.2) is 19.5 Å². The quantitative estimate of drug-likeness (QED) is 0.621. The molecular weight excluding hydrogens is 411 g/mol. The first-order valence-corrected chi connectivity index (χ1v) is 11.0. The first kappa shape index (κ1) is 19.4. The van der Waals surface area contributed by atoms with E-state index in [-0.39, 0.29) is 16.0 Å². The molecule has 1 amide bonds. The summed E-state index contributed by atoms with van der Waals surface area (Å²) in [7, 11) is -4.12. The molecule has 0 aromatic heterocycles. The van der Waals surface area contributed by atoms with E-state index in [9.17, 15) is 17.6 Å². The van der Waals surface area contributed by atoms with E-state index < -0.39 is 21.1 Å². The molecule has 8 heteroatoms. The van der Waals surface area contributed by atoms with Crippen LogP contribution in [0.25, 0.3) is 0 Å². The summed E-state index contributed by atoms with van der Waals surface area (Å²) in [5.41, 5.74) is 1.28. The lowest BCUT2D eigenvalue weighted by Crippen LogP contribution is -2.30. The van der Waals surface area contributed by atoms with Gasteiger partial charge < -0.3 is 0 Å². The topological polar surface area (TPSA) is 66.8 Å². The molecule has 146 valence electrons. The van der Waals surface area contributed by atoms with Crippen LogP contribution in [0.5, 0.6) is 0 Å². The molecule has 3 aromatic carbocycles. The first-order valence-electron chi connectivity index (χ1n) is 8.67. The molecule has 1 heterocycles. The van der Waals surface area contributed by atoms with Crippen molar-refractivity contribution in [3.63, 3.8) is 0 Å². The van der Waals surface area contributed by atoms with Gasteiger partial charge in [-0.05, 0) is 42.0 Å². The van der Waals surface area contributed by atoms with Gasteiger partial charge in [0.25, 0.3) is 15.9 Å². The molecule has 1 saturated heterocycles. The third kappa shape index (κ3) is 3.94. The molecule has 0 bridgehead atoms. The maximum absolute atomic E-state index is 13.2. The summed E-state index contributed by atoms with van der Waals surface area (Å²) >= 11 is 1.07. The summed E-state index contributed by atoms with van der Waals surface area (Å²) in [6.07, 6.45) is 0. The molecule has 29 heavy (non-hydrogen) atoms. The molecular formula is C21H15FN2O3S2. The Morgan fingerprint density at radius 1 is 0.862 bits per heavy atom. The monoisotopic (exact) mass is 426 g/mol. The highest BCUT2D eigenvalue weighted by Crippen LogP contribution is 2.42. The fourth-order valence-corrected chi connectivity index (χ4v) is 5.25. The predicted octanol–water partition coefficient (Wildman–Crippen LogP) is 4.39. The third-order valence-electron chi connectivity index (χ3n) is 4.29. The second kappa shape index (κ2) is 7.81. The van der Waals surface area contributed by atoms with Gasteiger partial charge in [0, 0.05) is 0 Å². The highest BCUT2D eigenvalue weighted by Gasteiger charge is 2.41. The molecule has 5 nitrogen and oxygen atoms in total. The van der Waals surface area contributed by atoms with Crippen LogP contribution in [-0.2, 0) is 14.8 Å². The molecule has 3 aromatic rings. The standard InChI is InChI=1S/C21H15FN2O3S2/c22-16-11-13-18(14-12-16)29(26,27)23-21-24(17-9-5-2-6-10-17)20(25)19(28-21)15-7-3-1-4-8-15/h1-14,19H/t19-/m0/s1. The van der Waals surface area contributed by atoms with Crippen molar-refractivity contribution < 1.29 is 17.6 Å². The predicted molar refractivity (Wildman–Crippen MR) is 112 cm³/mol. The van der Waals surface area contributed by atoms with Crippen LogP contribution in [0.15, 0.2) is 94.2 Å². The Bertz CT molecular complexity index is 1170. The molecule has 1 aliphatic heterocycles. The molecule has 4 rings (SSSR count). The molecule has 0 radical (unpaired) electrons. The lowest BCUT2D eigenvalue weighted by atomic mass is 10.1. The Kier molecular flexibility index (Phi) is 5.21. The second-order valence-corrected chi connectivity index (χ2v) is 8.90. The Balaban J connectivity index is 1.79. The zero-order valence-corrected chi connectivity index (χ0v) is 16.6. The fraction of sp³-hybridized carbons (Fsp3) is 0.0476. The van der Waals surface area contributed by atoms with E-state index in [1.165, 1.54) is 4.90 Å². The number of hydrogen-bond donors (Lipinski definition) is 0. The largest absolute Gasteiger partial charge is 0.284 e. The van der Waals surface area contributed by atoms with Crippen LogP contribution >= 0.6 is 11.8 Å². The maximum atomic E-state index is 13.2. The van der Waals surface area contributed by atoms with Crippen LogP contribution in [0.2, 0.25) is 0 Å². The van der Waals surface area contributed by atoms with Gasteiger partial charge in [0.15, 0.2) is 5.17 Å². The van der Waals surface area contributed by atoms with Gasteiger partial charge >= 0.3 is 0 Å². The minimum absolute atomic E-state index is 0.0550. The average Bonchev–Trinajstić information content (AvgIpc) is 3.05. The number of rotatable bonds is 4. The van der Waals surface area contributed by atoms with Gasteiger partial charge in [0.05, 0.1) is 10.6 Å². The fourth-order valence-electron chi connectivity index (χ4n) is 2.90. The number of halogens is 1. The van der Waals surface area contributed by atoms with Crippen molar-refractivity contribution in [1.29, 1.82) is 0 Å². The van der Waals surface area contributed by atoms with Gasteiger partial charge in [-0.3, -0.25) is 9.69 Å². The number of carbonyl (C=O) groups is 1. The van der Waals surface area contributed by atoms with Gasteiger partial charge in [0.2, 0.25) is 0 Å². The van der Waals surface area contributed by atoms with Crippen molar-refractivity contribution >= 4 is 38.5 Å². The van der Waals surface area contributed by atoms with Crippen LogP contribution < -0.4 is 4.90 Å². The summed E-state index contributed by atoms with van der Waals surface area (Å²) in [4.78, 5) is 14.3. The summed E-state index contributed by atoms with van der Waals surface area (Å²) in [5.74, 6) is -0.822. The summed E-state index contributed by atoms with van der Waals surface area (Å²) in [6, 6.07) is 22.3. The summed E-state index contributed by atoms with van der Waals surface area (Å²) in [5, 5.41) is -0.557. The number of nitrogens with zero attached hydrogens (tertiary/aromatic N) is 2. The Hall–Kier alpha value is -2.97. The second-order valence-electron chi connectivity index (χ2n) is 6.22. The number of amides is 1. The van der Waals surface area contributed by atoms with Crippen LogP contribution in [0, 0.1) is 5.82 Å². The van der Waals surface area contributed by atoms with Gasteiger partial charge in [-0.15, -0.1) is 4.40 Å². The van der Waals surface area contributed by atoms with Crippen molar-refractivity contribution in [3.05, 3.63) is 96.3 Å². The molecule has 0 unspecified atom stereocenters. The van der Waals surface area contributed by atoms with E-state index in [1.54, 1.807) is 30.3 Å². The number of sulfonamides is 1. The molecule has 0 aliphatic carbocycles. The van der Waals surface area contributed by atoms with Crippen molar-refractivity contribution in [2.45, 2.75) is 10.1 Å². The molecule has 0 spiro atoms. The molecule has 1 aliphatic rings. The Morgan fingerprint density at radius 3 is 2.07 bits per heavy atom.